The summed E-state index contributed by atoms with van der Waals surface area (Å²) >= 11 is 1.37. The average Bonchev–Trinajstić information content (AvgIpc) is 2.98. The van der Waals surface area contributed by atoms with Gasteiger partial charge in [0.2, 0.25) is 5.95 Å². The Bertz CT molecular complexity index is 730. The Hall–Kier alpha value is -2.09. The molecule has 7 nitrogen and oxygen atoms in total. The maximum Gasteiger partial charge on any atom is 0.262 e. The lowest BCUT2D eigenvalue weighted by atomic mass is 10.4. The van der Waals surface area contributed by atoms with Crippen LogP contribution in [0.2, 0.25) is 0 Å². The Morgan fingerprint density at radius 3 is 2.85 bits per heavy atom. The molecule has 0 atom stereocenters. The van der Waals surface area contributed by atoms with E-state index in [0.29, 0.717) is 16.8 Å². The van der Waals surface area contributed by atoms with Crippen LogP contribution in [0.4, 0.5) is 5.95 Å². The van der Waals surface area contributed by atoms with Gasteiger partial charge >= 0.3 is 0 Å². The summed E-state index contributed by atoms with van der Waals surface area (Å²) in [5.74, 6) is 1.38. The number of aromatic nitrogens is 5. The minimum atomic E-state index is 0.562. The first-order valence-corrected chi connectivity index (χ1v) is 7.06. The summed E-state index contributed by atoms with van der Waals surface area (Å²) in [6.45, 7) is 6.55. The summed E-state index contributed by atoms with van der Waals surface area (Å²) in [6.07, 6.45) is 1.70. The van der Waals surface area contributed by atoms with Gasteiger partial charge in [-0.15, -0.1) is 0 Å². The van der Waals surface area contributed by atoms with Crippen molar-refractivity contribution >= 4 is 28.7 Å². The van der Waals surface area contributed by atoms with Crippen molar-refractivity contribution in [3.05, 3.63) is 17.7 Å². The number of oxazole rings is 1. The van der Waals surface area contributed by atoms with E-state index in [4.69, 9.17) is 4.42 Å². The summed E-state index contributed by atoms with van der Waals surface area (Å²) in [5.41, 5.74) is 1.58. The number of fused-ring (bicyclic) bond motifs is 1. The SMILES string of the molecule is CCNc1nc(Sc2nc(C)c(C)o2)c2cn[nH]c2n1. The van der Waals surface area contributed by atoms with Crippen molar-refractivity contribution in [3.63, 3.8) is 0 Å². The first-order chi connectivity index (χ1) is 9.67. The van der Waals surface area contributed by atoms with Crippen LogP contribution in [0, 0.1) is 13.8 Å². The zero-order chi connectivity index (χ0) is 14.1. The van der Waals surface area contributed by atoms with E-state index in [1.807, 2.05) is 20.8 Å². The molecular weight excluding hydrogens is 276 g/mol. The number of nitrogens with zero attached hydrogens (tertiary/aromatic N) is 4. The molecule has 0 aliphatic carbocycles. The second-order valence-electron chi connectivity index (χ2n) is 4.24. The molecule has 3 heterocycles. The van der Waals surface area contributed by atoms with Gasteiger partial charge in [-0.3, -0.25) is 5.10 Å². The van der Waals surface area contributed by atoms with Crippen LogP contribution in [0.15, 0.2) is 20.9 Å². The molecule has 3 rings (SSSR count). The molecule has 0 aliphatic rings. The average molecular weight is 290 g/mol. The predicted octanol–water partition coefficient (Wildman–Crippen LogP) is 2.54. The molecule has 0 radical (unpaired) electrons. The van der Waals surface area contributed by atoms with E-state index in [0.717, 1.165) is 28.4 Å². The van der Waals surface area contributed by atoms with E-state index in [1.54, 1.807) is 6.20 Å². The Morgan fingerprint density at radius 2 is 2.15 bits per heavy atom. The lowest BCUT2D eigenvalue weighted by Gasteiger charge is -2.04. The van der Waals surface area contributed by atoms with Crippen molar-refractivity contribution < 1.29 is 4.42 Å². The summed E-state index contributed by atoms with van der Waals surface area (Å²) in [6, 6.07) is 0. The number of hydrogen-bond donors (Lipinski definition) is 2. The predicted molar refractivity (Wildman–Crippen MR) is 75.9 cm³/mol. The molecule has 104 valence electrons. The smallest absolute Gasteiger partial charge is 0.262 e. The van der Waals surface area contributed by atoms with Gasteiger partial charge in [0.15, 0.2) is 5.65 Å². The zero-order valence-corrected chi connectivity index (χ0v) is 12.2. The highest BCUT2D eigenvalue weighted by Gasteiger charge is 2.14. The van der Waals surface area contributed by atoms with Crippen LogP contribution in [0.3, 0.4) is 0 Å². The quantitative estimate of drug-likeness (QED) is 0.713. The lowest BCUT2D eigenvalue weighted by Crippen LogP contribution is -2.02. The van der Waals surface area contributed by atoms with Crippen molar-refractivity contribution in [1.29, 1.82) is 0 Å². The number of nitrogens with one attached hydrogen (secondary N) is 2. The number of aromatic amines is 1. The fraction of sp³-hybridized carbons (Fsp3) is 0.333. The molecule has 3 aromatic heterocycles. The third-order valence-electron chi connectivity index (χ3n) is 2.80. The maximum absolute atomic E-state index is 5.58. The Kier molecular flexibility index (Phi) is 3.31. The van der Waals surface area contributed by atoms with Crippen molar-refractivity contribution in [2.75, 3.05) is 11.9 Å². The Balaban J connectivity index is 2.02. The van der Waals surface area contributed by atoms with Crippen LogP contribution in [-0.4, -0.2) is 31.7 Å². The minimum Gasteiger partial charge on any atom is -0.436 e. The molecule has 0 amide bonds. The molecule has 3 aromatic rings. The van der Waals surface area contributed by atoms with Gasteiger partial charge in [0.05, 0.1) is 17.3 Å². The van der Waals surface area contributed by atoms with Crippen molar-refractivity contribution in [2.24, 2.45) is 0 Å². The van der Waals surface area contributed by atoms with Gasteiger partial charge in [0.1, 0.15) is 10.8 Å². The monoisotopic (exact) mass is 290 g/mol. The molecule has 20 heavy (non-hydrogen) atoms. The number of aryl methyl sites for hydroxylation is 2. The largest absolute Gasteiger partial charge is 0.436 e. The molecular formula is C12H14N6OS. The highest BCUT2D eigenvalue weighted by molar-refractivity contribution is 7.99. The first kappa shape index (κ1) is 12.9. The van der Waals surface area contributed by atoms with Crippen LogP contribution in [0.5, 0.6) is 0 Å². The maximum atomic E-state index is 5.58. The van der Waals surface area contributed by atoms with E-state index in [1.165, 1.54) is 11.8 Å². The van der Waals surface area contributed by atoms with Gasteiger partial charge in [-0.2, -0.15) is 10.1 Å². The molecule has 8 heteroatoms. The van der Waals surface area contributed by atoms with E-state index < -0.39 is 0 Å². The fourth-order valence-corrected chi connectivity index (χ4v) is 2.60. The van der Waals surface area contributed by atoms with Crippen molar-refractivity contribution in [2.45, 2.75) is 31.0 Å². The van der Waals surface area contributed by atoms with Crippen LogP contribution in [0.1, 0.15) is 18.4 Å². The van der Waals surface area contributed by atoms with Gasteiger partial charge in [-0.1, -0.05) is 0 Å². The number of hydrogen-bond acceptors (Lipinski definition) is 7. The Labute approximate surface area is 119 Å². The molecule has 0 spiro atoms. The Morgan fingerprint density at radius 1 is 1.30 bits per heavy atom. The second-order valence-corrected chi connectivity index (χ2v) is 5.18. The lowest BCUT2D eigenvalue weighted by molar-refractivity contribution is 0.431. The van der Waals surface area contributed by atoms with Crippen LogP contribution in [-0.2, 0) is 0 Å². The van der Waals surface area contributed by atoms with Crippen molar-refractivity contribution in [1.82, 2.24) is 25.1 Å². The van der Waals surface area contributed by atoms with E-state index in [-0.39, 0.29) is 0 Å². The molecule has 0 fully saturated rings. The number of H-pyrrole nitrogens is 1. The van der Waals surface area contributed by atoms with Crippen LogP contribution >= 0.6 is 11.8 Å². The summed E-state index contributed by atoms with van der Waals surface area (Å²) in [7, 11) is 0. The molecule has 0 bridgehead atoms. The van der Waals surface area contributed by atoms with Gasteiger partial charge in [-0.05, 0) is 32.5 Å². The molecule has 0 aliphatic heterocycles. The molecule has 0 saturated heterocycles. The number of rotatable bonds is 4. The third kappa shape index (κ3) is 2.34. The van der Waals surface area contributed by atoms with Gasteiger partial charge in [0.25, 0.3) is 5.22 Å². The second kappa shape index (κ2) is 5.12. The topological polar surface area (TPSA) is 92.5 Å². The molecule has 2 N–H and O–H groups in total. The van der Waals surface area contributed by atoms with Gasteiger partial charge < -0.3 is 9.73 Å². The van der Waals surface area contributed by atoms with E-state index in [2.05, 4.69) is 30.5 Å². The summed E-state index contributed by atoms with van der Waals surface area (Å²) in [5, 5.41) is 12.2. The molecule has 0 aromatic carbocycles. The highest BCUT2D eigenvalue weighted by Crippen LogP contribution is 2.31. The van der Waals surface area contributed by atoms with Gasteiger partial charge in [0, 0.05) is 6.54 Å². The molecule has 0 saturated carbocycles. The minimum absolute atomic E-state index is 0.562. The van der Waals surface area contributed by atoms with E-state index in [9.17, 15) is 0 Å². The van der Waals surface area contributed by atoms with E-state index >= 15 is 0 Å². The first-order valence-electron chi connectivity index (χ1n) is 6.24. The highest BCUT2D eigenvalue weighted by atomic mass is 32.2. The molecule has 0 unspecified atom stereocenters. The summed E-state index contributed by atoms with van der Waals surface area (Å²) < 4.78 is 5.58. The normalized spacial score (nSPS) is 11.2. The summed E-state index contributed by atoms with van der Waals surface area (Å²) in [4.78, 5) is 13.2. The van der Waals surface area contributed by atoms with Crippen LogP contribution in [0.25, 0.3) is 11.0 Å². The van der Waals surface area contributed by atoms with Crippen LogP contribution < -0.4 is 5.32 Å². The zero-order valence-electron chi connectivity index (χ0n) is 11.4. The fourth-order valence-electron chi connectivity index (χ4n) is 1.69. The van der Waals surface area contributed by atoms with Crippen molar-refractivity contribution in [3.8, 4) is 0 Å². The number of anilines is 1. The standard InChI is InChI=1S/C12H14N6OS/c1-4-13-11-16-9-8(5-14-18-9)10(17-11)20-12-15-6(2)7(3)19-12/h5H,4H2,1-3H3,(H2,13,14,16,17,18). The van der Waals surface area contributed by atoms with Gasteiger partial charge in [-0.25, -0.2) is 9.97 Å². The third-order valence-corrected chi connectivity index (χ3v) is 3.66.